The van der Waals surface area contributed by atoms with E-state index in [9.17, 15) is 36.0 Å². The number of sulfonamides is 2. The molecule has 3 fully saturated rings. The Bertz CT molecular complexity index is 1700. The molecule has 6 atom stereocenters. The Morgan fingerprint density at radius 1 is 0.543 bits per heavy atom. The van der Waals surface area contributed by atoms with Crippen LogP contribution < -0.4 is 9.80 Å². The number of allylic oxidation sites excluding steroid dienone is 2. The molecule has 12 nitrogen and oxygen atoms in total. The van der Waals surface area contributed by atoms with Crippen molar-refractivity contribution >= 4 is 55.1 Å². The third kappa shape index (κ3) is 4.52. The molecule has 0 radical (unpaired) electrons. The van der Waals surface area contributed by atoms with Gasteiger partial charge in [-0.15, -0.1) is 0 Å². The first-order chi connectivity index (χ1) is 21.8. The summed E-state index contributed by atoms with van der Waals surface area (Å²) < 4.78 is 55.3. The Hall–Kier alpha value is -3.72. The fourth-order valence-electron chi connectivity index (χ4n) is 7.73. The molecule has 1 saturated carbocycles. The monoisotopic (exact) mass is 668 g/mol. The first-order valence-corrected chi connectivity index (χ1v) is 18.4. The Morgan fingerprint density at radius 3 is 1.13 bits per heavy atom. The van der Waals surface area contributed by atoms with Gasteiger partial charge in [0.15, 0.2) is 0 Å². The van der Waals surface area contributed by atoms with Crippen LogP contribution in [0, 0.1) is 35.5 Å². The highest BCUT2D eigenvalue weighted by Crippen LogP contribution is 2.58. The van der Waals surface area contributed by atoms with Gasteiger partial charge in [-0.05, 0) is 36.4 Å². The van der Waals surface area contributed by atoms with Crippen LogP contribution >= 0.6 is 0 Å². The summed E-state index contributed by atoms with van der Waals surface area (Å²) in [7, 11) is -7.73. The molecule has 0 spiro atoms. The zero-order valence-corrected chi connectivity index (χ0v) is 27.6. The second kappa shape index (κ2) is 11.5. The third-order valence-electron chi connectivity index (χ3n) is 9.85. The van der Waals surface area contributed by atoms with E-state index in [1.165, 1.54) is 57.1 Å². The first-order valence-electron chi connectivity index (χ1n) is 15.5. The molecule has 2 saturated heterocycles. The standard InChI is InChI=1S/C32H36N4O8S2/c1-5-33(6-2)45(41,42)21-13-9-11-19(17-21)35-29(37)25-23-15-16-24(26(25)30(35)38)28-27(23)31(39)36(32(28)40)20-12-10-14-22(18-20)46(43,44)34(7-3)8-4/h9-18,23-28H,5-8H2,1-4H3/t23?,24?,25-,26-,27-,28+/m1/s1. The smallest absolute Gasteiger partial charge is 0.243 e. The number of hydrogen-bond acceptors (Lipinski definition) is 8. The van der Waals surface area contributed by atoms with Crippen molar-refractivity contribution in [3.63, 3.8) is 0 Å². The van der Waals surface area contributed by atoms with Gasteiger partial charge in [-0.3, -0.25) is 19.2 Å². The summed E-state index contributed by atoms with van der Waals surface area (Å²) in [4.78, 5) is 57.8. The van der Waals surface area contributed by atoms with E-state index in [0.717, 1.165) is 9.80 Å². The van der Waals surface area contributed by atoms with Crippen LogP contribution in [-0.4, -0.2) is 75.3 Å². The number of carbonyl (C=O) groups excluding carboxylic acids is 4. The molecule has 0 N–H and O–H groups in total. The van der Waals surface area contributed by atoms with Gasteiger partial charge in [-0.2, -0.15) is 8.61 Å². The van der Waals surface area contributed by atoms with Crippen LogP contribution in [0.5, 0.6) is 0 Å². The average molecular weight is 669 g/mol. The highest BCUT2D eigenvalue weighted by Gasteiger charge is 2.69. The van der Waals surface area contributed by atoms with E-state index >= 15 is 0 Å². The van der Waals surface area contributed by atoms with E-state index in [2.05, 4.69) is 0 Å². The van der Waals surface area contributed by atoms with Crippen molar-refractivity contribution in [3.8, 4) is 0 Å². The van der Waals surface area contributed by atoms with Crippen LogP contribution in [-0.2, 0) is 39.2 Å². The van der Waals surface area contributed by atoms with Crippen LogP contribution in [0.3, 0.4) is 0 Å². The van der Waals surface area contributed by atoms with Gasteiger partial charge in [0, 0.05) is 38.0 Å². The highest BCUT2D eigenvalue weighted by atomic mass is 32.2. The SMILES string of the molecule is CCN(CC)S(=O)(=O)c1cccc(N2C(=O)[C@@H]3C4C=CC([C@H]3C2=O)[C@@H]2C(=O)N(c3cccc(S(=O)(=O)N(CC)CC)c3)C(=O)[C@H]42)c1. The van der Waals surface area contributed by atoms with Gasteiger partial charge in [0.2, 0.25) is 43.7 Å². The van der Waals surface area contributed by atoms with Crippen molar-refractivity contribution in [2.24, 2.45) is 35.5 Å². The molecule has 244 valence electrons. The number of carbonyl (C=O) groups is 4. The van der Waals surface area contributed by atoms with E-state index in [1.54, 1.807) is 39.8 Å². The molecule has 2 bridgehead atoms. The maximum absolute atomic E-state index is 14.0. The van der Waals surface area contributed by atoms with E-state index in [4.69, 9.17) is 0 Å². The Morgan fingerprint density at radius 2 is 0.848 bits per heavy atom. The normalized spacial score (nSPS) is 27.3. The summed E-state index contributed by atoms with van der Waals surface area (Å²) in [6.07, 6.45) is 3.47. The second-order valence-electron chi connectivity index (χ2n) is 11.8. The van der Waals surface area contributed by atoms with Gasteiger partial charge in [0.25, 0.3) is 0 Å². The largest absolute Gasteiger partial charge is 0.274 e. The van der Waals surface area contributed by atoms with Gasteiger partial charge in [0.05, 0.1) is 44.8 Å². The molecule has 2 aromatic rings. The second-order valence-corrected chi connectivity index (χ2v) is 15.7. The summed E-state index contributed by atoms with van der Waals surface area (Å²) in [6, 6.07) is 11.4. The lowest BCUT2D eigenvalue weighted by atomic mass is 9.54. The number of amides is 4. The van der Waals surface area contributed by atoms with Crippen LogP contribution in [0.15, 0.2) is 70.5 Å². The minimum atomic E-state index is -3.87. The fourth-order valence-corrected chi connectivity index (χ4v) is 10.7. The molecule has 2 aliphatic heterocycles. The lowest BCUT2D eigenvalue weighted by Crippen LogP contribution is -2.50. The zero-order valence-electron chi connectivity index (χ0n) is 25.9. The van der Waals surface area contributed by atoms with Crippen molar-refractivity contribution < 1.29 is 36.0 Å². The topological polar surface area (TPSA) is 150 Å². The van der Waals surface area contributed by atoms with Gasteiger partial charge >= 0.3 is 0 Å². The fraction of sp³-hybridized carbons (Fsp3) is 0.438. The predicted octanol–water partition coefficient (Wildman–Crippen LogP) is 2.47. The van der Waals surface area contributed by atoms with E-state index < -0.39 is 79.2 Å². The van der Waals surface area contributed by atoms with Gasteiger partial charge < -0.3 is 0 Å². The summed E-state index contributed by atoms with van der Waals surface area (Å²) in [5.41, 5.74) is 0.236. The summed E-state index contributed by atoms with van der Waals surface area (Å²) in [5, 5.41) is 0. The predicted molar refractivity (Wildman–Crippen MR) is 168 cm³/mol. The third-order valence-corrected chi connectivity index (χ3v) is 13.9. The number of nitrogens with zero attached hydrogens (tertiary/aromatic N) is 4. The van der Waals surface area contributed by atoms with Crippen LogP contribution in [0.25, 0.3) is 0 Å². The highest BCUT2D eigenvalue weighted by molar-refractivity contribution is 7.89. The lowest BCUT2D eigenvalue weighted by molar-refractivity contribution is -0.137. The average Bonchev–Trinajstić information content (AvgIpc) is 3.48. The Labute approximate surface area is 268 Å². The molecule has 14 heteroatoms. The summed E-state index contributed by atoms with van der Waals surface area (Å²) in [5.74, 6) is -7.28. The number of benzene rings is 2. The van der Waals surface area contributed by atoms with E-state index in [-0.39, 0.29) is 47.3 Å². The first kappa shape index (κ1) is 32.2. The summed E-state index contributed by atoms with van der Waals surface area (Å²) in [6.45, 7) is 7.89. The molecular weight excluding hydrogens is 633 g/mol. The van der Waals surface area contributed by atoms with Crippen molar-refractivity contribution in [2.75, 3.05) is 36.0 Å². The van der Waals surface area contributed by atoms with Crippen molar-refractivity contribution in [3.05, 3.63) is 60.7 Å². The summed E-state index contributed by atoms with van der Waals surface area (Å²) >= 11 is 0. The van der Waals surface area contributed by atoms with Crippen molar-refractivity contribution in [1.29, 1.82) is 0 Å². The maximum Gasteiger partial charge on any atom is 0.243 e. The van der Waals surface area contributed by atoms with Gasteiger partial charge in [-0.25, -0.2) is 26.6 Å². The molecule has 3 aliphatic carbocycles. The molecule has 4 amide bonds. The Balaban J connectivity index is 1.33. The lowest BCUT2D eigenvalue weighted by Gasteiger charge is -2.44. The molecule has 2 aromatic carbocycles. The quantitative estimate of drug-likeness (QED) is 0.277. The van der Waals surface area contributed by atoms with Crippen LogP contribution in [0.2, 0.25) is 0 Å². The minimum Gasteiger partial charge on any atom is -0.274 e. The van der Waals surface area contributed by atoms with Crippen molar-refractivity contribution in [1.82, 2.24) is 8.61 Å². The van der Waals surface area contributed by atoms with Gasteiger partial charge in [0.1, 0.15) is 0 Å². The van der Waals surface area contributed by atoms with Gasteiger partial charge in [-0.1, -0.05) is 52.0 Å². The molecule has 2 heterocycles. The Kier molecular flexibility index (Phi) is 8.06. The number of imide groups is 2. The minimum absolute atomic E-state index is 0.0478. The number of rotatable bonds is 10. The van der Waals surface area contributed by atoms with Crippen LogP contribution in [0.4, 0.5) is 11.4 Å². The molecular formula is C32H36N4O8S2. The molecule has 2 unspecified atom stereocenters. The molecule has 5 aliphatic rings. The molecule has 46 heavy (non-hydrogen) atoms. The van der Waals surface area contributed by atoms with E-state index in [0.29, 0.717) is 0 Å². The number of anilines is 2. The maximum atomic E-state index is 14.0. The molecule has 0 aromatic heterocycles. The van der Waals surface area contributed by atoms with E-state index in [1.807, 2.05) is 0 Å². The van der Waals surface area contributed by atoms with Crippen LogP contribution in [0.1, 0.15) is 27.7 Å². The number of hydrogen-bond donors (Lipinski definition) is 0. The van der Waals surface area contributed by atoms with Crippen molar-refractivity contribution in [2.45, 2.75) is 37.5 Å². The zero-order chi connectivity index (χ0) is 33.3. The molecule has 7 rings (SSSR count).